The van der Waals surface area contributed by atoms with Gasteiger partial charge < -0.3 is 32.3 Å². The number of hydrogen-bond acceptors (Lipinski definition) is 6. The molecule has 0 saturated heterocycles. The van der Waals surface area contributed by atoms with Crippen molar-refractivity contribution in [2.45, 2.75) is 63.7 Å². The van der Waals surface area contributed by atoms with Crippen LogP contribution in [-0.2, 0) is 38.4 Å². The summed E-state index contributed by atoms with van der Waals surface area (Å²) < 4.78 is 0. The van der Waals surface area contributed by atoms with Crippen molar-refractivity contribution in [3.8, 4) is 0 Å². The Hall–Kier alpha value is -4.54. The summed E-state index contributed by atoms with van der Waals surface area (Å²) in [6, 6.07) is 24.6. The number of rotatable bonds is 14. The molecule has 230 valence electrons. The third kappa shape index (κ3) is 13.3. The monoisotopic (exact) mass is 590 g/mol. The summed E-state index contributed by atoms with van der Waals surface area (Å²) in [6.07, 6.45) is 1.37. The summed E-state index contributed by atoms with van der Waals surface area (Å²) in [6.45, 7) is 3.82. The molecular weight excluding hydrogens is 548 g/mol. The van der Waals surface area contributed by atoms with Crippen LogP contribution in [-0.4, -0.2) is 58.1 Å². The van der Waals surface area contributed by atoms with Crippen molar-refractivity contribution < 1.29 is 29.4 Å². The molecule has 0 saturated carbocycles. The number of carboxylic acid groups (broad SMARTS) is 2. The highest BCUT2D eigenvalue weighted by atomic mass is 16.4. The molecule has 3 aromatic rings. The van der Waals surface area contributed by atoms with E-state index < -0.39 is 47.9 Å². The molecular formula is C33H42N4O6. The van der Waals surface area contributed by atoms with E-state index in [1.54, 1.807) is 0 Å². The first kappa shape index (κ1) is 34.7. The molecule has 0 aliphatic heterocycles. The molecule has 3 aromatic carbocycles. The average Bonchev–Trinajstić information content (AvgIpc) is 2.98. The molecule has 10 heteroatoms. The van der Waals surface area contributed by atoms with Gasteiger partial charge in [-0.3, -0.25) is 9.59 Å². The Labute approximate surface area is 252 Å². The van der Waals surface area contributed by atoms with E-state index in [1.807, 2.05) is 105 Å². The van der Waals surface area contributed by atoms with Crippen molar-refractivity contribution in [2.75, 3.05) is 0 Å². The molecule has 0 radical (unpaired) electrons. The predicted molar refractivity (Wildman–Crippen MR) is 165 cm³/mol. The maximum Gasteiger partial charge on any atom is 0.326 e. The van der Waals surface area contributed by atoms with Gasteiger partial charge in [0, 0.05) is 6.42 Å². The first-order valence-corrected chi connectivity index (χ1v) is 14.2. The van der Waals surface area contributed by atoms with E-state index >= 15 is 0 Å². The lowest BCUT2D eigenvalue weighted by atomic mass is 10.0. The van der Waals surface area contributed by atoms with Crippen LogP contribution in [0.5, 0.6) is 0 Å². The summed E-state index contributed by atoms with van der Waals surface area (Å²) in [5.74, 6) is -2.81. The number of amides is 2. The lowest BCUT2D eigenvalue weighted by Crippen LogP contribution is -2.50. The second-order valence-corrected chi connectivity index (χ2v) is 10.7. The number of hydrogen-bond donors (Lipinski definition) is 6. The Morgan fingerprint density at radius 1 is 0.581 bits per heavy atom. The zero-order valence-electron chi connectivity index (χ0n) is 24.6. The van der Waals surface area contributed by atoms with Crippen LogP contribution >= 0.6 is 0 Å². The molecule has 4 atom stereocenters. The Kier molecular flexibility index (Phi) is 14.6. The van der Waals surface area contributed by atoms with Gasteiger partial charge in [0.05, 0.1) is 12.1 Å². The fourth-order valence-corrected chi connectivity index (χ4v) is 4.22. The molecule has 0 bridgehead atoms. The van der Waals surface area contributed by atoms with Gasteiger partial charge >= 0.3 is 11.9 Å². The maximum absolute atomic E-state index is 12.2. The number of carboxylic acids is 2. The molecule has 43 heavy (non-hydrogen) atoms. The lowest BCUT2D eigenvalue weighted by Gasteiger charge is -2.19. The van der Waals surface area contributed by atoms with Gasteiger partial charge in [0.1, 0.15) is 12.1 Å². The molecule has 0 spiro atoms. The smallest absolute Gasteiger partial charge is 0.326 e. The Morgan fingerprint density at radius 2 is 0.907 bits per heavy atom. The van der Waals surface area contributed by atoms with Crippen molar-refractivity contribution >= 4 is 23.8 Å². The first-order valence-electron chi connectivity index (χ1n) is 14.2. The van der Waals surface area contributed by atoms with Crippen molar-refractivity contribution in [2.24, 2.45) is 17.4 Å². The van der Waals surface area contributed by atoms with Crippen molar-refractivity contribution in [1.29, 1.82) is 0 Å². The van der Waals surface area contributed by atoms with Crippen LogP contribution < -0.4 is 22.1 Å². The second kappa shape index (κ2) is 18.1. The van der Waals surface area contributed by atoms with E-state index in [4.69, 9.17) is 16.6 Å². The highest BCUT2D eigenvalue weighted by Gasteiger charge is 2.25. The van der Waals surface area contributed by atoms with E-state index in [0.717, 1.165) is 16.7 Å². The Morgan fingerprint density at radius 3 is 1.23 bits per heavy atom. The van der Waals surface area contributed by atoms with Gasteiger partial charge in [-0.05, 0) is 41.9 Å². The third-order valence-corrected chi connectivity index (χ3v) is 6.49. The van der Waals surface area contributed by atoms with Gasteiger partial charge in [0.2, 0.25) is 11.8 Å². The minimum Gasteiger partial charge on any atom is -0.480 e. The second-order valence-electron chi connectivity index (χ2n) is 10.7. The summed E-state index contributed by atoms with van der Waals surface area (Å²) in [4.78, 5) is 46.6. The molecule has 0 aliphatic rings. The van der Waals surface area contributed by atoms with Gasteiger partial charge in [-0.25, -0.2) is 9.59 Å². The number of benzene rings is 3. The highest BCUT2D eigenvalue weighted by molar-refractivity contribution is 5.87. The van der Waals surface area contributed by atoms with Crippen LogP contribution in [0.2, 0.25) is 0 Å². The van der Waals surface area contributed by atoms with E-state index in [9.17, 15) is 24.3 Å². The zero-order valence-corrected chi connectivity index (χ0v) is 24.6. The number of carbonyl (C=O) groups excluding carboxylic acids is 2. The molecule has 4 unspecified atom stereocenters. The number of aliphatic carboxylic acids is 2. The summed E-state index contributed by atoms with van der Waals surface area (Å²) >= 11 is 0. The van der Waals surface area contributed by atoms with Gasteiger partial charge in [0.25, 0.3) is 0 Å². The quantitative estimate of drug-likeness (QED) is 0.165. The Bertz CT molecular complexity index is 1290. The molecule has 2 amide bonds. The molecule has 8 N–H and O–H groups in total. The first-order chi connectivity index (χ1) is 20.5. The Balaban J connectivity index is 0.000000304. The summed E-state index contributed by atoms with van der Waals surface area (Å²) in [5, 5.41) is 23.4. The molecule has 0 aliphatic carbocycles. The average molecular weight is 591 g/mol. The fraction of sp³-hybridized carbons (Fsp3) is 0.333. The normalized spacial score (nSPS) is 13.4. The van der Waals surface area contributed by atoms with Crippen LogP contribution in [0.1, 0.15) is 37.0 Å². The van der Waals surface area contributed by atoms with Gasteiger partial charge in [-0.2, -0.15) is 0 Å². The largest absolute Gasteiger partial charge is 0.480 e. The van der Waals surface area contributed by atoms with E-state index in [2.05, 4.69) is 10.6 Å². The predicted octanol–water partition coefficient (Wildman–Crippen LogP) is 2.54. The fourth-order valence-electron chi connectivity index (χ4n) is 4.22. The van der Waals surface area contributed by atoms with Gasteiger partial charge in [-0.15, -0.1) is 0 Å². The minimum atomic E-state index is -1.07. The topological polar surface area (TPSA) is 185 Å². The van der Waals surface area contributed by atoms with Gasteiger partial charge in [-0.1, -0.05) is 105 Å². The number of nitrogens with one attached hydrogen (secondary N) is 2. The van der Waals surface area contributed by atoms with E-state index in [1.165, 1.54) is 0 Å². The van der Waals surface area contributed by atoms with Crippen LogP contribution in [0, 0.1) is 5.92 Å². The molecule has 0 aromatic heterocycles. The van der Waals surface area contributed by atoms with E-state index in [-0.39, 0.29) is 12.3 Å². The lowest BCUT2D eigenvalue weighted by molar-refractivity contribution is -0.142. The van der Waals surface area contributed by atoms with E-state index in [0.29, 0.717) is 19.3 Å². The number of carbonyl (C=O) groups is 4. The van der Waals surface area contributed by atoms with Crippen molar-refractivity contribution in [3.05, 3.63) is 108 Å². The maximum atomic E-state index is 12.2. The van der Waals surface area contributed by atoms with Crippen molar-refractivity contribution in [1.82, 2.24) is 10.6 Å². The van der Waals surface area contributed by atoms with Crippen LogP contribution in [0.15, 0.2) is 91.0 Å². The SMILES string of the molecule is CC(C)CC(NC(=O)C(N)Cc1ccccc1)C(=O)O.NC(Cc1ccccc1)C(=O)NC(Cc1ccccc1)C(=O)O. The number of nitrogens with two attached hydrogens (primary N) is 2. The van der Waals surface area contributed by atoms with Crippen LogP contribution in [0.3, 0.4) is 0 Å². The molecule has 3 rings (SSSR count). The summed E-state index contributed by atoms with van der Waals surface area (Å²) in [5.41, 5.74) is 14.4. The zero-order chi connectivity index (χ0) is 31.8. The molecule has 10 nitrogen and oxygen atoms in total. The highest BCUT2D eigenvalue weighted by Crippen LogP contribution is 2.08. The summed E-state index contributed by atoms with van der Waals surface area (Å²) in [7, 11) is 0. The van der Waals surface area contributed by atoms with Crippen LogP contribution in [0.25, 0.3) is 0 Å². The van der Waals surface area contributed by atoms with Crippen LogP contribution in [0.4, 0.5) is 0 Å². The third-order valence-electron chi connectivity index (χ3n) is 6.49. The molecule has 0 heterocycles. The minimum absolute atomic E-state index is 0.182. The van der Waals surface area contributed by atoms with Crippen molar-refractivity contribution in [3.63, 3.8) is 0 Å². The molecule has 0 fully saturated rings. The standard InChI is InChI=1S/C18H20N2O3.C15H22N2O3/c19-15(11-13-7-3-1-4-8-13)17(21)20-16(18(22)23)12-14-9-5-2-6-10-14;1-10(2)8-13(15(19)20)17-14(18)12(16)9-11-6-4-3-5-7-11/h1-10,15-16H,11-12,19H2,(H,20,21)(H,22,23);3-7,10,12-13H,8-9,16H2,1-2H3,(H,17,18)(H,19,20). The van der Waals surface area contributed by atoms with Gasteiger partial charge in [0.15, 0.2) is 0 Å².